The lowest BCUT2D eigenvalue weighted by molar-refractivity contribution is 0.0736. The molecule has 0 unspecified atom stereocenters. The number of hydrogen-bond donors (Lipinski definition) is 2. The normalized spacial score (nSPS) is 22.6. The van der Waals surface area contributed by atoms with E-state index >= 15 is 0 Å². The molecule has 116 valence electrons. The third-order valence-electron chi connectivity index (χ3n) is 4.04. The highest BCUT2D eigenvalue weighted by Crippen LogP contribution is 2.20. The monoisotopic (exact) mass is 307 g/mol. The van der Waals surface area contributed by atoms with E-state index in [-0.39, 0.29) is 0 Å². The van der Waals surface area contributed by atoms with Crippen molar-refractivity contribution in [1.29, 1.82) is 0 Å². The molecule has 1 aliphatic rings. The van der Waals surface area contributed by atoms with E-state index in [2.05, 4.69) is 29.6 Å². The summed E-state index contributed by atoms with van der Waals surface area (Å²) in [5, 5.41) is 6.22. The molecule has 0 aromatic heterocycles. The van der Waals surface area contributed by atoms with E-state index in [1.54, 1.807) is 7.11 Å². The Balaban J connectivity index is 1.81. The largest absolute Gasteiger partial charge is 0.497 e. The van der Waals surface area contributed by atoms with Crippen LogP contribution < -0.4 is 15.5 Å². The van der Waals surface area contributed by atoms with Crippen molar-refractivity contribution < 1.29 is 4.74 Å². The Bertz CT molecular complexity index is 453. The maximum atomic E-state index is 5.40. The number of nitrogens with one attached hydrogen (secondary N) is 2. The molecular formula is C16H25N3OS. The van der Waals surface area contributed by atoms with Crippen LogP contribution in [0.15, 0.2) is 24.3 Å². The second-order valence-electron chi connectivity index (χ2n) is 5.68. The summed E-state index contributed by atoms with van der Waals surface area (Å²) >= 11 is 5.40. The fourth-order valence-electron chi connectivity index (χ4n) is 2.72. The van der Waals surface area contributed by atoms with Crippen LogP contribution in [0.25, 0.3) is 0 Å². The minimum Gasteiger partial charge on any atom is -0.497 e. The Morgan fingerprint density at radius 3 is 2.43 bits per heavy atom. The molecule has 1 aliphatic heterocycles. The summed E-state index contributed by atoms with van der Waals surface area (Å²) in [7, 11) is 1.67. The number of methoxy groups -OCH3 is 1. The number of thiocarbonyl (C=S) groups is 1. The van der Waals surface area contributed by atoms with Crippen molar-refractivity contribution in [1.82, 2.24) is 15.8 Å². The molecular weight excluding hydrogens is 282 g/mol. The number of ether oxygens (including phenoxy) is 1. The molecule has 0 saturated carbocycles. The van der Waals surface area contributed by atoms with Crippen molar-refractivity contribution in [2.24, 2.45) is 0 Å². The van der Waals surface area contributed by atoms with Crippen LogP contribution in [-0.4, -0.2) is 29.3 Å². The first-order chi connectivity index (χ1) is 10.1. The number of piperidine rings is 1. The molecule has 0 aliphatic carbocycles. The van der Waals surface area contributed by atoms with E-state index in [9.17, 15) is 0 Å². The van der Waals surface area contributed by atoms with Crippen LogP contribution in [-0.2, 0) is 6.54 Å². The predicted octanol–water partition coefficient (Wildman–Crippen LogP) is 2.84. The highest BCUT2D eigenvalue weighted by atomic mass is 32.1. The maximum Gasteiger partial charge on any atom is 0.181 e. The molecule has 1 fully saturated rings. The van der Waals surface area contributed by atoms with Gasteiger partial charge in [-0.1, -0.05) is 18.6 Å². The minimum atomic E-state index is 0.523. The number of nitrogens with zero attached hydrogens (tertiary/aromatic N) is 1. The van der Waals surface area contributed by atoms with Crippen molar-refractivity contribution in [2.75, 3.05) is 7.11 Å². The smallest absolute Gasteiger partial charge is 0.181 e. The van der Waals surface area contributed by atoms with Gasteiger partial charge in [-0.05, 0) is 56.6 Å². The molecule has 4 nitrogen and oxygen atoms in total. The van der Waals surface area contributed by atoms with Crippen LogP contribution in [0.4, 0.5) is 0 Å². The second-order valence-corrected chi connectivity index (χ2v) is 6.09. The van der Waals surface area contributed by atoms with Crippen molar-refractivity contribution >= 4 is 17.3 Å². The van der Waals surface area contributed by atoms with Crippen LogP contribution >= 0.6 is 12.2 Å². The van der Waals surface area contributed by atoms with Crippen LogP contribution in [0.2, 0.25) is 0 Å². The van der Waals surface area contributed by atoms with Gasteiger partial charge in [0.1, 0.15) is 5.75 Å². The average Bonchev–Trinajstić information content (AvgIpc) is 2.49. The highest BCUT2D eigenvalue weighted by Gasteiger charge is 2.25. The molecule has 0 radical (unpaired) electrons. The molecule has 21 heavy (non-hydrogen) atoms. The minimum absolute atomic E-state index is 0.523. The fourth-order valence-corrected chi connectivity index (χ4v) is 2.90. The van der Waals surface area contributed by atoms with Crippen LogP contribution in [0.1, 0.15) is 38.7 Å². The third kappa shape index (κ3) is 4.58. The fraction of sp³-hybridized carbons (Fsp3) is 0.562. The second kappa shape index (κ2) is 7.61. The Kier molecular flexibility index (Phi) is 5.82. The van der Waals surface area contributed by atoms with E-state index in [0.29, 0.717) is 23.7 Å². The molecule has 1 saturated heterocycles. The van der Waals surface area contributed by atoms with E-state index in [0.717, 1.165) is 5.75 Å². The summed E-state index contributed by atoms with van der Waals surface area (Å²) in [6.45, 7) is 5.20. The van der Waals surface area contributed by atoms with Gasteiger partial charge in [-0.2, -0.15) is 0 Å². The molecule has 2 N–H and O–H groups in total. The van der Waals surface area contributed by atoms with Gasteiger partial charge in [-0.3, -0.25) is 5.43 Å². The first-order valence-corrected chi connectivity index (χ1v) is 7.96. The lowest BCUT2D eigenvalue weighted by atomic mass is 10.00. The molecule has 2 atom stereocenters. The number of hydrogen-bond acceptors (Lipinski definition) is 3. The summed E-state index contributed by atoms with van der Waals surface area (Å²) in [6, 6.07) is 9.05. The Hall–Kier alpha value is -1.33. The zero-order valence-corrected chi connectivity index (χ0v) is 13.9. The topological polar surface area (TPSA) is 36.5 Å². The first-order valence-electron chi connectivity index (χ1n) is 7.56. The van der Waals surface area contributed by atoms with Gasteiger partial charge in [-0.15, -0.1) is 0 Å². The van der Waals surface area contributed by atoms with Gasteiger partial charge >= 0.3 is 0 Å². The van der Waals surface area contributed by atoms with Gasteiger partial charge < -0.3 is 10.1 Å². The van der Waals surface area contributed by atoms with Crippen molar-refractivity contribution in [3.8, 4) is 5.75 Å². The lowest BCUT2D eigenvalue weighted by Gasteiger charge is -2.39. The summed E-state index contributed by atoms with van der Waals surface area (Å²) in [4.78, 5) is 0. The number of rotatable bonds is 4. The van der Waals surface area contributed by atoms with Gasteiger partial charge in [0.2, 0.25) is 0 Å². The van der Waals surface area contributed by atoms with Gasteiger partial charge in [0.05, 0.1) is 7.11 Å². The summed E-state index contributed by atoms with van der Waals surface area (Å²) in [5.41, 5.74) is 4.52. The molecule has 5 heteroatoms. The molecule has 1 aromatic rings. The molecule has 2 rings (SSSR count). The zero-order valence-electron chi connectivity index (χ0n) is 13.1. The first kappa shape index (κ1) is 16.0. The van der Waals surface area contributed by atoms with Crippen molar-refractivity contribution in [2.45, 2.75) is 51.7 Å². The molecule has 0 amide bonds. The van der Waals surface area contributed by atoms with Crippen molar-refractivity contribution in [3.63, 3.8) is 0 Å². The van der Waals surface area contributed by atoms with Crippen molar-refractivity contribution in [3.05, 3.63) is 29.8 Å². The Morgan fingerprint density at radius 1 is 1.24 bits per heavy atom. The van der Waals surface area contributed by atoms with Gasteiger partial charge in [0.15, 0.2) is 5.11 Å². The van der Waals surface area contributed by atoms with E-state index < -0.39 is 0 Å². The Labute approximate surface area is 132 Å². The maximum absolute atomic E-state index is 5.40. The van der Waals surface area contributed by atoms with Crippen LogP contribution in [0, 0.1) is 0 Å². The van der Waals surface area contributed by atoms with Gasteiger partial charge in [-0.25, -0.2) is 5.01 Å². The van der Waals surface area contributed by atoms with Gasteiger partial charge in [0.25, 0.3) is 0 Å². The molecule has 0 bridgehead atoms. The molecule has 1 aromatic carbocycles. The average molecular weight is 307 g/mol. The predicted molar refractivity (Wildman–Crippen MR) is 90.2 cm³/mol. The van der Waals surface area contributed by atoms with Crippen LogP contribution in [0.5, 0.6) is 5.75 Å². The van der Waals surface area contributed by atoms with Crippen LogP contribution in [0.3, 0.4) is 0 Å². The highest BCUT2D eigenvalue weighted by molar-refractivity contribution is 7.80. The SMILES string of the molecule is COc1ccc(CNC(=S)NN2[C@H](C)CCC[C@@H]2C)cc1. The van der Waals surface area contributed by atoms with E-state index in [4.69, 9.17) is 17.0 Å². The quantitative estimate of drug-likeness (QED) is 0.837. The molecule has 0 spiro atoms. The molecule has 1 heterocycles. The summed E-state index contributed by atoms with van der Waals surface area (Å²) < 4.78 is 5.15. The Morgan fingerprint density at radius 2 is 1.86 bits per heavy atom. The standard InChI is InChI=1S/C16H25N3OS/c1-12-5-4-6-13(2)19(12)18-16(21)17-11-14-7-9-15(20-3)10-8-14/h7-10,12-13H,4-6,11H2,1-3H3,(H2,17,18,21)/t12-,13+. The van der Waals surface area contributed by atoms with E-state index in [1.807, 2.05) is 24.3 Å². The van der Waals surface area contributed by atoms with E-state index in [1.165, 1.54) is 24.8 Å². The van der Waals surface area contributed by atoms with Gasteiger partial charge in [0, 0.05) is 18.6 Å². The zero-order chi connectivity index (χ0) is 15.2. The third-order valence-corrected chi connectivity index (χ3v) is 4.27. The summed E-state index contributed by atoms with van der Waals surface area (Å²) in [6.07, 6.45) is 3.74. The lowest BCUT2D eigenvalue weighted by Crippen LogP contribution is -2.56. The number of hydrazine groups is 1. The number of benzene rings is 1. The summed E-state index contributed by atoms with van der Waals surface area (Å²) in [5.74, 6) is 0.871.